The molecule has 35 heavy (non-hydrogen) atoms. The molecule has 13 heteroatoms. The van der Waals surface area contributed by atoms with Crippen molar-refractivity contribution < 1.29 is 41.8 Å². The number of nitrogens with zero attached hydrogens (tertiary/aromatic N) is 2. The van der Waals surface area contributed by atoms with Gasteiger partial charge in [-0.1, -0.05) is 24.3 Å². The number of halogens is 3. The minimum atomic E-state index is -4.49. The number of esters is 1. The number of imide groups is 1. The molecule has 1 heterocycles. The maximum Gasteiger partial charge on any atom is 0.446 e. The molecule has 0 spiro atoms. The third-order valence-corrected chi connectivity index (χ3v) is 6.40. The van der Waals surface area contributed by atoms with Gasteiger partial charge in [0.05, 0.1) is 25.9 Å². The average molecular weight is 511 g/mol. The van der Waals surface area contributed by atoms with Gasteiger partial charge in [-0.15, -0.1) is 0 Å². The molecule has 2 aromatic carbocycles. The lowest BCUT2D eigenvalue weighted by molar-refractivity contribution is -0.198. The van der Waals surface area contributed by atoms with Crippen LogP contribution in [0.4, 0.5) is 28.4 Å². The summed E-state index contributed by atoms with van der Waals surface area (Å²) in [6.07, 6.45) is -0.848. The zero-order valence-electron chi connectivity index (χ0n) is 18.5. The Morgan fingerprint density at radius 1 is 1.11 bits per heavy atom. The number of carbonyl (C=O) groups is 3. The Kier molecular flexibility index (Phi) is 6.66. The van der Waals surface area contributed by atoms with Crippen LogP contribution in [0.25, 0.3) is 0 Å². The lowest BCUT2D eigenvalue weighted by Crippen LogP contribution is -2.65. The number of anilines is 1. The first-order valence-corrected chi connectivity index (χ1v) is 11.0. The predicted molar refractivity (Wildman–Crippen MR) is 117 cm³/mol. The molecular weight excluding hydrogens is 491 g/mol. The molecule has 186 valence electrons. The van der Waals surface area contributed by atoms with Crippen molar-refractivity contribution in [3.8, 4) is 0 Å². The zero-order chi connectivity index (χ0) is 25.4. The van der Waals surface area contributed by atoms with Crippen molar-refractivity contribution >= 4 is 35.5 Å². The van der Waals surface area contributed by atoms with Crippen LogP contribution in [0.15, 0.2) is 53.4 Å². The summed E-state index contributed by atoms with van der Waals surface area (Å²) in [4.78, 5) is 39.1. The maximum absolute atomic E-state index is 13.4. The second-order valence-electron chi connectivity index (χ2n) is 7.65. The molecule has 1 N–H and O–H groups in total. The van der Waals surface area contributed by atoms with Crippen LogP contribution in [0.5, 0.6) is 0 Å². The molecule has 1 fully saturated rings. The molecule has 0 saturated carbocycles. The van der Waals surface area contributed by atoms with Crippen LogP contribution in [0.1, 0.15) is 17.2 Å². The number of carbonyl (C=O) groups excluding carboxylic acids is 3. The van der Waals surface area contributed by atoms with E-state index in [-0.39, 0.29) is 28.8 Å². The summed E-state index contributed by atoms with van der Waals surface area (Å²) in [7, 11) is 2.30. The first-order chi connectivity index (χ1) is 16.6. The Bertz CT molecular complexity index is 1150. The van der Waals surface area contributed by atoms with E-state index in [1.807, 2.05) is 12.1 Å². The number of hydrogen-bond acceptors (Lipinski definition) is 8. The van der Waals surface area contributed by atoms with E-state index in [0.29, 0.717) is 10.5 Å². The highest BCUT2D eigenvalue weighted by atomic mass is 32.2. The van der Waals surface area contributed by atoms with Crippen molar-refractivity contribution in [2.24, 2.45) is 0 Å². The maximum atomic E-state index is 13.4. The number of amides is 3. The van der Waals surface area contributed by atoms with Gasteiger partial charge < -0.3 is 14.2 Å². The van der Waals surface area contributed by atoms with Crippen LogP contribution < -0.4 is 10.3 Å². The van der Waals surface area contributed by atoms with E-state index in [2.05, 4.69) is 5.43 Å². The number of hydrogen-bond donors (Lipinski definition) is 1. The summed E-state index contributed by atoms with van der Waals surface area (Å²) in [5.74, 6) is -0.624. The number of hydrazine groups is 1. The molecule has 1 saturated heterocycles. The van der Waals surface area contributed by atoms with Gasteiger partial charge in [0, 0.05) is 11.3 Å². The van der Waals surface area contributed by atoms with Crippen molar-refractivity contribution in [1.29, 1.82) is 0 Å². The van der Waals surface area contributed by atoms with E-state index in [0.717, 1.165) is 29.8 Å². The van der Waals surface area contributed by atoms with E-state index in [4.69, 9.17) is 14.2 Å². The molecular formula is C22H20F3N3O6S. The van der Waals surface area contributed by atoms with Gasteiger partial charge in [0.15, 0.2) is 5.60 Å². The van der Waals surface area contributed by atoms with Gasteiger partial charge in [0.2, 0.25) is 0 Å². The molecule has 9 nitrogen and oxygen atoms in total. The van der Waals surface area contributed by atoms with E-state index in [1.165, 1.54) is 19.2 Å². The van der Waals surface area contributed by atoms with Crippen molar-refractivity contribution in [1.82, 2.24) is 10.4 Å². The number of ether oxygens (including phenoxy) is 3. The minimum Gasteiger partial charge on any atom is -0.467 e. The highest BCUT2D eigenvalue weighted by Gasteiger charge is 2.58. The molecule has 1 aliphatic heterocycles. The lowest BCUT2D eigenvalue weighted by Gasteiger charge is -2.43. The van der Waals surface area contributed by atoms with Gasteiger partial charge in [-0.25, -0.2) is 24.8 Å². The molecule has 0 bridgehead atoms. The molecule has 0 radical (unpaired) electrons. The quantitative estimate of drug-likeness (QED) is 0.488. The Labute approximate surface area is 202 Å². The molecule has 2 aliphatic rings. The fraction of sp³-hybridized carbons (Fsp3) is 0.318. The molecule has 2 aromatic rings. The summed E-state index contributed by atoms with van der Waals surface area (Å²) in [6, 6.07) is 10.1. The molecule has 2 atom stereocenters. The number of benzene rings is 2. The summed E-state index contributed by atoms with van der Waals surface area (Å²) in [5.41, 5.74) is -1.43. The molecule has 4 rings (SSSR count). The van der Waals surface area contributed by atoms with Crippen LogP contribution in [0.3, 0.4) is 0 Å². The van der Waals surface area contributed by atoms with E-state index >= 15 is 0 Å². The topological polar surface area (TPSA) is 97.4 Å². The highest BCUT2D eigenvalue weighted by molar-refractivity contribution is 8.00. The van der Waals surface area contributed by atoms with Crippen LogP contribution in [0.2, 0.25) is 0 Å². The van der Waals surface area contributed by atoms with E-state index in [9.17, 15) is 27.6 Å². The third kappa shape index (κ3) is 4.66. The van der Waals surface area contributed by atoms with Gasteiger partial charge >= 0.3 is 23.6 Å². The zero-order valence-corrected chi connectivity index (χ0v) is 19.3. The van der Waals surface area contributed by atoms with Crippen LogP contribution in [-0.4, -0.2) is 55.2 Å². The number of urea groups is 1. The number of rotatable bonds is 3. The summed E-state index contributed by atoms with van der Waals surface area (Å²) >= 11 is -0.326. The van der Waals surface area contributed by atoms with Gasteiger partial charge in [0.25, 0.3) is 0 Å². The first-order valence-electron chi connectivity index (χ1n) is 10.2. The molecule has 0 aromatic heterocycles. The van der Waals surface area contributed by atoms with E-state index in [1.54, 1.807) is 12.1 Å². The second kappa shape index (κ2) is 9.40. The standard InChI is InChI=1S/C22H20F3N3O6S/c1-32-18(29)21-11-13-5-3-4-6-16(13)17(21)26-27(12-34-21)19(30)28(20(31)33-2)14-7-9-15(10-8-14)35-22(23,24)25/h3-10,17,26H,11-12H2,1-2H3. The Morgan fingerprint density at radius 2 is 1.80 bits per heavy atom. The van der Waals surface area contributed by atoms with Crippen LogP contribution >= 0.6 is 11.8 Å². The third-order valence-electron chi connectivity index (χ3n) is 5.66. The smallest absolute Gasteiger partial charge is 0.446 e. The first kappa shape index (κ1) is 24.8. The summed E-state index contributed by atoms with van der Waals surface area (Å²) < 4.78 is 53.5. The Morgan fingerprint density at radius 3 is 2.43 bits per heavy atom. The Balaban J connectivity index is 1.62. The number of methoxy groups -OCH3 is 2. The van der Waals surface area contributed by atoms with Crippen LogP contribution in [-0.2, 0) is 25.4 Å². The second-order valence-corrected chi connectivity index (χ2v) is 8.79. The van der Waals surface area contributed by atoms with Gasteiger partial charge in [-0.2, -0.15) is 18.1 Å². The number of fused-ring (bicyclic) bond motifs is 3. The molecule has 2 unspecified atom stereocenters. The average Bonchev–Trinajstić information content (AvgIpc) is 3.18. The van der Waals surface area contributed by atoms with Gasteiger partial charge in [-0.3, -0.25) is 0 Å². The Hall–Kier alpha value is -3.29. The van der Waals surface area contributed by atoms with Crippen molar-refractivity contribution in [2.45, 2.75) is 28.5 Å². The number of nitrogens with one attached hydrogen (secondary N) is 1. The normalized spacial score (nSPS) is 21.1. The predicted octanol–water partition coefficient (Wildman–Crippen LogP) is 3.99. The molecule has 3 amide bonds. The van der Waals surface area contributed by atoms with Crippen molar-refractivity contribution in [3.05, 3.63) is 59.7 Å². The summed E-state index contributed by atoms with van der Waals surface area (Å²) in [6.45, 7) is -0.423. The summed E-state index contributed by atoms with van der Waals surface area (Å²) in [5, 5.41) is 0.989. The fourth-order valence-electron chi connectivity index (χ4n) is 4.13. The van der Waals surface area contributed by atoms with Gasteiger partial charge in [0.1, 0.15) is 6.73 Å². The largest absolute Gasteiger partial charge is 0.467 e. The SMILES string of the molecule is COC(=O)N(C(=O)N1COC2(C(=O)OC)Cc3ccccc3C2N1)c1ccc(SC(F)(F)F)cc1. The van der Waals surface area contributed by atoms with Crippen molar-refractivity contribution in [3.63, 3.8) is 0 Å². The highest BCUT2D eigenvalue weighted by Crippen LogP contribution is 2.45. The van der Waals surface area contributed by atoms with Crippen LogP contribution in [0, 0.1) is 0 Å². The molecule has 1 aliphatic carbocycles. The number of thioether (sulfide) groups is 1. The fourth-order valence-corrected chi connectivity index (χ4v) is 4.67. The minimum absolute atomic E-state index is 0.0215. The van der Waals surface area contributed by atoms with E-state index < -0.39 is 42.0 Å². The van der Waals surface area contributed by atoms with Gasteiger partial charge in [-0.05, 0) is 47.2 Å². The number of alkyl halides is 3. The lowest BCUT2D eigenvalue weighted by atomic mass is 9.94. The monoisotopic (exact) mass is 511 g/mol. The van der Waals surface area contributed by atoms with Crippen molar-refractivity contribution in [2.75, 3.05) is 25.9 Å².